The molecule has 6 heteroatoms. The number of halogens is 2. The van der Waals surface area contributed by atoms with E-state index in [1.165, 1.54) is 33.2 Å². The molecule has 0 aromatic heterocycles. The van der Waals surface area contributed by atoms with Crippen LogP contribution in [0.15, 0.2) is 18.2 Å². The normalized spacial score (nSPS) is 22.3. The van der Waals surface area contributed by atoms with Crippen molar-refractivity contribution in [3.8, 4) is 5.75 Å². The van der Waals surface area contributed by atoms with E-state index in [-0.39, 0.29) is 11.1 Å². The van der Waals surface area contributed by atoms with Crippen LogP contribution in [0.25, 0.3) is 0 Å². The Kier molecular flexibility index (Phi) is 3.51. The molecular formula is C15H17F2NO3. The molecule has 1 aliphatic rings. The molecule has 0 spiro atoms. The van der Waals surface area contributed by atoms with Crippen LogP contribution in [0.4, 0.5) is 8.78 Å². The average molecular weight is 297 g/mol. The van der Waals surface area contributed by atoms with Crippen molar-refractivity contribution in [3.63, 3.8) is 0 Å². The van der Waals surface area contributed by atoms with Crippen molar-refractivity contribution in [1.29, 1.82) is 0 Å². The molecule has 1 heterocycles. The predicted octanol–water partition coefficient (Wildman–Crippen LogP) is 2.61. The number of benzene rings is 1. The SMILES string of the molecule is COc1ccc2c(c1)C(C)(CC(C)(F)F)C(=O)N(C)C2=O. The summed E-state index contributed by atoms with van der Waals surface area (Å²) in [5.74, 6) is -3.74. The van der Waals surface area contributed by atoms with Gasteiger partial charge in [0.2, 0.25) is 11.8 Å². The van der Waals surface area contributed by atoms with Crippen LogP contribution in [-0.4, -0.2) is 36.8 Å². The lowest BCUT2D eigenvalue weighted by Crippen LogP contribution is -2.53. The lowest BCUT2D eigenvalue weighted by atomic mass is 9.72. The van der Waals surface area contributed by atoms with Crippen LogP contribution in [0.3, 0.4) is 0 Å². The van der Waals surface area contributed by atoms with Gasteiger partial charge in [0.25, 0.3) is 5.91 Å². The zero-order valence-electron chi connectivity index (χ0n) is 12.4. The second-order valence-corrected chi connectivity index (χ2v) is 5.66. The molecule has 0 bridgehead atoms. The van der Waals surface area contributed by atoms with Crippen molar-refractivity contribution in [2.75, 3.05) is 14.2 Å². The first-order chi connectivity index (χ1) is 9.60. The third-order valence-corrected chi connectivity index (χ3v) is 3.80. The van der Waals surface area contributed by atoms with Gasteiger partial charge in [-0.15, -0.1) is 0 Å². The Balaban J connectivity index is 2.68. The topological polar surface area (TPSA) is 46.6 Å². The highest BCUT2D eigenvalue weighted by Gasteiger charge is 2.50. The van der Waals surface area contributed by atoms with Gasteiger partial charge in [-0.05, 0) is 37.6 Å². The standard InChI is InChI=1S/C15H17F2NO3/c1-14(8-15(2,16)17)11-7-9(21-4)5-6-10(11)12(19)18(3)13(14)20/h5-7H,8H2,1-4H3. The Morgan fingerprint density at radius 1 is 1.33 bits per heavy atom. The molecule has 0 saturated heterocycles. The molecule has 1 aromatic rings. The summed E-state index contributed by atoms with van der Waals surface area (Å²) < 4.78 is 32.2. The zero-order chi connectivity index (χ0) is 16.0. The van der Waals surface area contributed by atoms with Gasteiger partial charge < -0.3 is 4.74 Å². The molecule has 0 saturated carbocycles. The monoisotopic (exact) mass is 297 g/mol. The number of hydrogen-bond donors (Lipinski definition) is 0. The van der Waals surface area contributed by atoms with Gasteiger partial charge in [0.15, 0.2) is 0 Å². The van der Waals surface area contributed by atoms with Crippen LogP contribution in [0, 0.1) is 0 Å². The molecule has 114 valence electrons. The molecule has 0 radical (unpaired) electrons. The second-order valence-electron chi connectivity index (χ2n) is 5.66. The maximum absolute atomic E-state index is 13.5. The Morgan fingerprint density at radius 2 is 1.95 bits per heavy atom. The van der Waals surface area contributed by atoms with Gasteiger partial charge in [-0.2, -0.15) is 0 Å². The van der Waals surface area contributed by atoms with Crippen molar-refractivity contribution in [2.45, 2.75) is 31.6 Å². The van der Waals surface area contributed by atoms with Crippen LogP contribution in [-0.2, 0) is 10.2 Å². The lowest BCUT2D eigenvalue weighted by Gasteiger charge is -2.39. The third kappa shape index (κ3) is 2.50. The fourth-order valence-corrected chi connectivity index (χ4v) is 2.84. The highest BCUT2D eigenvalue weighted by Crippen LogP contribution is 2.42. The quantitative estimate of drug-likeness (QED) is 0.806. The van der Waals surface area contributed by atoms with Gasteiger partial charge in [0.1, 0.15) is 5.75 Å². The number of ether oxygens (including phenoxy) is 1. The molecule has 21 heavy (non-hydrogen) atoms. The summed E-state index contributed by atoms with van der Waals surface area (Å²) in [4.78, 5) is 25.5. The van der Waals surface area contributed by atoms with Crippen LogP contribution >= 0.6 is 0 Å². The number of imide groups is 1. The molecule has 0 N–H and O–H groups in total. The molecule has 0 aliphatic carbocycles. The van der Waals surface area contributed by atoms with Crippen LogP contribution in [0.2, 0.25) is 0 Å². The van der Waals surface area contributed by atoms with E-state index >= 15 is 0 Å². The van der Waals surface area contributed by atoms with Gasteiger partial charge >= 0.3 is 0 Å². The van der Waals surface area contributed by atoms with Crippen molar-refractivity contribution in [1.82, 2.24) is 4.90 Å². The van der Waals surface area contributed by atoms with Crippen molar-refractivity contribution < 1.29 is 23.1 Å². The Labute approximate surface area is 121 Å². The molecule has 0 fully saturated rings. The Hall–Kier alpha value is -1.98. The number of methoxy groups -OCH3 is 1. The number of amides is 2. The number of likely N-dealkylation sites (N-methyl/N-ethyl adjacent to an activating group) is 1. The summed E-state index contributed by atoms with van der Waals surface area (Å²) in [6.45, 7) is 2.20. The summed E-state index contributed by atoms with van der Waals surface area (Å²) in [6, 6.07) is 4.57. The molecule has 1 unspecified atom stereocenters. The summed E-state index contributed by atoms with van der Waals surface area (Å²) in [6.07, 6.45) is -0.670. The van der Waals surface area contributed by atoms with Crippen LogP contribution in [0.1, 0.15) is 36.2 Å². The van der Waals surface area contributed by atoms with Crippen molar-refractivity contribution >= 4 is 11.8 Å². The maximum Gasteiger partial charge on any atom is 0.260 e. The van der Waals surface area contributed by atoms with Gasteiger partial charge in [-0.1, -0.05) is 0 Å². The third-order valence-electron chi connectivity index (χ3n) is 3.80. The van der Waals surface area contributed by atoms with Crippen molar-refractivity contribution in [2.24, 2.45) is 0 Å². The summed E-state index contributed by atoms with van der Waals surface area (Å²) >= 11 is 0. The second kappa shape index (κ2) is 4.79. The maximum atomic E-state index is 13.5. The van der Waals surface area contributed by atoms with Crippen LogP contribution in [0.5, 0.6) is 5.75 Å². The van der Waals surface area contributed by atoms with E-state index in [1.54, 1.807) is 6.07 Å². The van der Waals surface area contributed by atoms with E-state index in [1.807, 2.05) is 0 Å². The summed E-state index contributed by atoms with van der Waals surface area (Å²) in [7, 11) is 2.75. The van der Waals surface area contributed by atoms with Gasteiger partial charge in [-0.3, -0.25) is 14.5 Å². The van der Waals surface area contributed by atoms with E-state index in [0.29, 0.717) is 5.75 Å². The van der Waals surface area contributed by atoms with E-state index in [4.69, 9.17) is 4.74 Å². The zero-order valence-corrected chi connectivity index (χ0v) is 12.4. The number of hydrogen-bond acceptors (Lipinski definition) is 3. The first-order valence-corrected chi connectivity index (χ1v) is 6.49. The van der Waals surface area contributed by atoms with E-state index in [9.17, 15) is 18.4 Å². The molecule has 1 atom stereocenters. The average Bonchev–Trinajstić information content (AvgIpc) is 2.41. The Morgan fingerprint density at radius 3 is 2.48 bits per heavy atom. The molecule has 1 aliphatic heterocycles. The minimum atomic E-state index is -3.04. The molecule has 2 rings (SSSR count). The first-order valence-electron chi connectivity index (χ1n) is 6.49. The number of fused-ring (bicyclic) bond motifs is 1. The predicted molar refractivity (Wildman–Crippen MR) is 72.7 cm³/mol. The van der Waals surface area contributed by atoms with E-state index < -0.39 is 29.6 Å². The number of nitrogens with zero attached hydrogens (tertiary/aromatic N) is 1. The largest absolute Gasteiger partial charge is 0.497 e. The highest BCUT2D eigenvalue weighted by molar-refractivity contribution is 6.12. The Bertz CT molecular complexity index is 609. The highest BCUT2D eigenvalue weighted by atomic mass is 19.3. The van der Waals surface area contributed by atoms with Gasteiger partial charge in [0, 0.05) is 19.0 Å². The fraction of sp³-hybridized carbons (Fsp3) is 0.467. The van der Waals surface area contributed by atoms with E-state index in [2.05, 4.69) is 0 Å². The molecular weight excluding hydrogens is 280 g/mol. The molecule has 4 nitrogen and oxygen atoms in total. The minimum Gasteiger partial charge on any atom is -0.497 e. The first kappa shape index (κ1) is 15.4. The minimum absolute atomic E-state index is 0.254. The van der Waals surface area contributed by atoms with E-state index in [0.717, 1.165) is 11.8 Å². The summed E-state index contributed by atoms with van der Waals surface area (Å²) in [5.41, 5.74) is -0.925. The van der Waals surface area contributed by atoms with Crippen LogP contribution < -0.4 is 4.74 Å². The molecule has 1 aromatic carbocycles. The smallest absolute Gasteiger partial charge is 0.260 e. The number of rotatable bonds is 3. The number of carbonyl (C=O) groups excluding carboxylic acids is 2. The fourth-order valence-electron chi connectivity index (χ4n) is 2.84. The number of carbonyl (C=O) groups is 2. The lowest BCUT2D eigenvalue weighted by molar-refractivity contribution is -0.137. The van der Waals surface area contributed by atoms with Gasteiger partial charge in [-0.25, -0.2) is 8.78 Å². The summed E-state index contributed by atoms with van der Waals surface area (Å²) in [5, 5.41) is 0. The number of alkyl halides is 2. The van der Waals surface area contributed by atoms with Crippen molar-refractivity contribution in [3.05, 3.63) is 29.3 Å². The van der Waals surface area contributed by atoms with Gasteiger partial charge in [0.05, 0.1) is 12.5 Å². The molecule has 2 amide bonds.